The summed E-state index contributed by atoms with van der Waals surface area (Å²) >= 11 is 0. The van der Waals surface area contributed by atoms with E-state index < -0.39 is 11.7 Å². The fourth-order valence-corrected chi connectivity index (χ4v) is 3.21. The topological polar surface area (TPSA) is 45.5 Å². The fourth-order valence-electron chi connectivity index (χ4n) is 3.21. The minimum atomic E-state index is -4.40. The van der Waals surface area contributed by atoms with Crippen LogP contribution in [-0.2, 0) is 13.2 Å². The third-order valence-corrected chi connectivity index (χ3v) is 4.75. The van der Waals surface area contributed by atoms with E-state index in [1.54, 1.807) is 16.5 Å². The first-order valence-corrected chi connectivity index (χ1v) is 7.88. The van der Waals surface area contributed by atoms with E-state index in [0.29, 0.717) is 29.7 Å². The number of benzene rings is 1. The molecule has 1 aliphatic rings. The lowest BCUT2D eigenvalue weighted by molar-refractivity contribution is -0.137. The van der Waals surface area contributed by atoms with E-state index in [2.05, 4.69) is 0 Å². The zero-order valence-corrected chi connectivity index (χ0v) is 13.3. The third kappa shape index (κ3) is 3.00. The van der Waals surface area contributed by atoms with Crippen LogP contribution in [0.1, 0.15) is 28.9 Å². The van der Waals surface area contributed by atoms with E-state index in [-0.39, 0.29) is 18.4 Å². The van der Waals surface area contributed by atoms with Crippen molar-refractivity contribution in [2.75, 3.05) is 19.7 Å². The van der Waals surface area contributed by atoms with Gasteiger partial charge in [0.2, 0.25) is 0 Å². The van der Waals surface area contributed by atoms with Crippen LogP contribution < -0.4 is 0 Å². The van der Waals surface area contributed by atoms with Crippen LogP contribution in [0.2, 0.25) is 0 Å². The van der Waals surface area contributed by atoms with Gasteiger partial charge in [-0.3, -0.25) is 4.79 Å². The lowest BCUT2D eigenvalue weighted by Crippen LogP contribution is -2.39. The summed E-state index contributed by atoms with van der Waals surface area (Å²) in [5, 5.41) is 9.57. The molecule has 0 unspecified atom stereocenters. The van der Waals surface area contributed by atoms with Crippen molar-refractivity contribution in [1.82, 2.24) is 9.47 Å². The minimum absolute atomic E-state index is 0.121. The summed E-state index contributed by atoms with van der Waals surface area (Å²) in [6.45, 7) is 1.23. The molecule has 1 aromatic heterocycles. The summed E-state index contributed by atoms with van der Waals surface area (Å²) in [6.07, 6.45) is -2.92. The number of likely N-dealkylation sites (tertiary alicyclic amines) is 1. The number of halogens is 3. The van der Waals surface area contributed by atoms with Crippen molar-refractivity contribution in [3.05, 3.63) is 35.5 Å². The largest absolute Gasteiger partial charge is 0.416 e. The Morgan fingerprint density at radius 3 is 2.50 bits per heavy atom. The van der Waals surface area contributed by atoms with Crippen molar-refractivity contribution >= 4 is 16.8 Å². The van der Waals surface area contributed by atoms with Crippen LogP contribution in [0.3, 0.4) is 0 Å². The molecule has 130 valence electrons. The van der Waals surface area contributed by atoms with E-state index in [9.17, 15) is 18.0 Å². The Morgan fingerprint density at radius 1 is 1.25 bits per heavy atom. The monoisotopic (exact) mass is 340 g/mol. The zero-order chi connectivity index (χ0) is 17.5. The van der Waals surface area contributed by atoms with Crippen molar-refractivity contribution in [3.63, 3.8) is 0 Å². The Hall–Kier alpha value is -2.02. The molecule has 0 radical (unpaired) electrons. The predicted molar refractivity (Wildman–Crippen MR) is 83.6 cm³/mol. The molecule has 7 heteroatoms. The summed E-state index contributed by atoms with van der Waals surface area (Å²) in [5.41, 5.74) is 0.256. The van der Waals surface area contributed by atoms with E-state index in [1.165, 1.54) is 12.1 Å². The van der Waals surface area contributed by atoms with Gasteiger partial charge in [-0.15, -0.1) is 0 Å². The normalized spacial score (nSPS) is 16.8. The molecule has 1 saturated heterocycles. The van der Waals surface area contributed by atoms with Gasteiger partial charge in [0.25, 0.3) is 5.91 Å². The van der Waals surface area contributed by atoms with Crippen molar-refractivity contribution in [2.24, 2.45) is 13.0 Å². The Balaban J connectivity index is 1.89. The van der Waals surface area contributed by atoms with Gasteiger partial charge >= 0.3 is 6.18 Å². The summed E-state index contributed by atoms with van der Waals surface area (Å²) in [5.74, 6) is 0.0366. The number of aryl methyl sites for hydroxylation is 1. The highest BCUT2D eigenvalue weighted by molar-refractivity contribution is 5.99. The second kappa shape index (κ2) is 6.12. The average molecular weight is 340 g/mol. The standard InChI is InChI=1S/C17H19F3N2O2/c1-21-14-3-2-13(17(18,19)20)8-12(14)9-15(21)16(24)22-6-4-11(10-23)5-7-22/h2-3,8-9,11,23H,4-7,10H2,1H3. The number of fused-ring (bicyclic) bond motifs is 1. The summed E-state index contributed by atoms with van der Waals surface area (Å²) in [4.78, 5) is 14.4. The summed E-state index contributed by atoms with van der Waals surface area (Å²) < 4.78 is 40.2. The van der Waals surface area contributed by atoms with Crippen LogP contribution in [0.4, 0.5) is 13.2 Å². The highest BCUT2D eigenvalue weighted by Gasteiger charge is 2.31. The number of aliphatic hydroxyl groups excluding tert-OH is 1. The van der Waals surface area contributed by atoms with Gasteiger partial charge in [-0.2, -0.15) is 13.2 Å². The van der Waals surface area contributed by atoms with Crippen molar-refractivity contribution in [1.29, 1.82) is 0 Å². The number of carbonyl (C=O) groups excluding carboxylic acids is 1. The van der Waals surface area contributed by atoms with Gasteiger partial charge in [0.1, 0.15) is 5.69 Å². The molecule has 1 fully saturated rings. The third-order valence-electron chi connectivity index (χ3n) is 4.75. The number of aliphatic hydroxyl groups is 1. The number of amides is 1. The van der Waals surface area contributed by atoms with Crippen LogP contribution in [0.5, 0.6) is 0 Å². The molecule has 1 aliphatic heterocycles. The first kappa shape index (κ1) is 16.8. The molecule has 1 aromatic carbocycles. The molecule has 0 bridgehead atoms. The molecule has 0 saturated carbocycles. The number of nitrogens with zero attached hydrogens (tertiary/aromatic N) is 2. The van der Waals surface area contributed by atoms with Gasteiger partial charge in [-0.1, -0.05) is 0 Å². The Bertz CT molecular complexity index is 759. The van der Waals surface area contributed by atoms with Gasteiger partial charge in [0.15, 0.2) is 0 Å². The molecule has 1 amide bonds. The van der Waals surface area contributed by atoms with E-state index in [0.717, 1.165) is 25.0 Å². The zero-order valence-electron chi connectivity index (χ0n) is 13.3. The molecule has 2 aromatic rings. The first-order valence-electron chi connectivity index (χ1n) is 7.88. The van der Waals surface area contributed by atoms with E-state index in [4.69, 9.17) is 5.11 Å². The number of carbonyl (C=O) groups is 1. The maximum atomic E-state index is 12.8. The van der Waals surface area contributed by atoms with Gasteiger partial charge in [0.05, 0.1) is 5.56 Å². The lowest BCUT2D eigenvalue weighted by Gasteiger charge is -2.31. The Morgan fingerprint density at radius 2 is 1.92 bits per heavy atom. The van der Waals surface area contributed by atoms with Gasteiger partial charge in [0, 0.05) is 37.6 Å². The second-order valence-corrected chi connectivity index (χ2v) is 6.28. The van der Waals surface area contributed by atoms with Gasteiger partial charge in [-0.25, -0.2) is 0 Å². The summed E-state index contributed by atoms with van der Waals surface area (Å²) in [7, 11) is 1.68. The average Bonchev–Trinajstić information content (AvgIpc) is 2.90. The van der Waals surface area contributed by atoms with Crippen molar-refractivity contribution in [2.45, 2.75) is 19.0 Å². The second-order valence-electron chi connectivity index (χ2n) is 6.28. The number of piperidine rings is 1. The molecular weight excluding hydrogens is 321 g/mol. The Kier molecular flexibility index (Phi) is 4.29. The van der Waals surface area contributed by atoms with Crippen LogP contribution in [0.15, 0.2) is 24.3 Å². The van der Waals surface area contributed by atoms with Crippen molar-refractivity contribution < 1.29 is 23.1 Å². The van der Waals surface area contributed by atoms with Crippen LogP contribution >= 0.6 is 0 Å². The maximum absolute atomic E-state index is 12.8. The predicted octanol–water partition coefficient (Wildman–Crippen LogP) is 3.04. The first-order chi connectivity index (χ1) is 11.3. The Labute approximate surface area is 137 Å². The molecule has 0 spiro atoms. The molecule has 0 atom stereocenters. The molecule has 24 heavy (non-hydrogen) atoms. The molecular formula is C17H19F3N2O2. The number of aromatic nitrogens is 1. The number of hydrogen-bond acceptors (Lipinski definition) is 2. The molecule has 2 heterocycles. The van der Waals surface area contributed by atoms with Gasteiger partial charge < -0.3 is 14.6 Å². The number of alkyl halides is 3. The highest BCUT2D eigenvalue weighted by atomic mass is 19.4. The minimum Gasteiger partial charge on any atom is -0.396 e. The van der Waals surface area contributed by atoms with E-state index in [1.807, 2.05) is 0 Å². The van der Waals surface area contributed by atoms with E-state index >= 15 is 0 Å². The quantitative estimate of drug-likeness (QED) is 0.913. The lowest BCUT2D eigenvalue weighted by atomic mass is 9.98. The molecule has 0 aliphatic carbocycles. The van der Waals surface area contributed by atoms with Crippen LogP contribution in [0.25, 0.3) is 10.9 Å². The number of rotatable bonds is 2. The number of hydrogen-bond donors (Lipinski definition) is 1. The van der Waals surface area contributed by atoms with Crippen LogP contribution in [-0.4, -0.2) is 40.2 Å². The SMILES string of the molecule is Cn1c(C(=O)N2CCC(CO)CC2)cc2cc(C(F)(F)F)ccc21. The van der Waals surface area contributed by atoms with Crippen LogP contribution in [0, 0.1) is 5.92 Å². The summed E-state index contributed by atoms with van der Waals surface area (Å²) in [6, 6.07) is 5.02. The highest BCUT2D eigenvalue weighted by Crippen LogP contribution is 2.32. The molecule has 1 N–H and O–H groups in total. The molecule has 4 nitrogen and oxygen atoms in total. The maximum Gasteiger partial charge on any atom is 0.416 e. The fraction of sp³-hybridized carbons (Fsp3) is 0.471. The molecule has 3 rings (SSSR count). The van der Waals surface area contributed by atoms with Gasteiger partial charge in [-0.05, 0) is 43.0 Å². The van der Waals surface area contributed by atoms with Crippen molar-refractivity contribution in [3.8, 4) is 0 Å². The smallest absolute Gasteiger partial charge is 0.396 e.